The molecular formula is C12H17NO3. The highest BCUT2D eigenvalue weighted by Gasteiger charge is 2.09. The summed E-state index contributed by atoms with van der Waals surface area (Å²) in [6.45, 7) is -0.624. The third-order valence-corrected chi connectivity index (χ3v) is 2.22. The summed E-state index contributed by atoms with van der Waals surface area (Å²) in [6, 6.07) is 3.03. The van der Waals surface area contributed by atoms with Gasteiger partial charge in [0.1, 0.15) is 11.5 Å². The lowest BCUT2D eigenvalue weighted by Gasteiger charge is -2.12. The fourth-order valence-corrected chi connectivity index (χ4v) is 1.41. The van der Waals surface area contributed by atoms with Gasteiger partial charge in [-0.05, 0) is 31.5 Å². The van der Waals surface area contributed by atoms with E-state index in [1.54, 1.807) is 13.0 Å². The summed E-state index contributed by atoms with van der Waals surface area (Å²) in [5, 5.41) is 11.8. The molecular weight excluding hydrogens is 206 g/mol. The molecule has 0 atom stereocenters. The van der Waals surface area contributed by atoms with Crippen LogP contribution in [0.4, 0.5) is 0 Å². The monoisotopic (exact) mass is 226 g/mol. The Morgan fingerprint density at radius 2 is 2.06 bits per heavy atom. The van der Waals surface area contributed by atoms with Gasteiger partial charge in [-0.1, -0.05) is 5.16 Å². The number of ether oxygens (including phenoxy) is 2. The standard InChI is InChI=1S/C12H17NO3/c1-8-5-12(16-4)10(6-9(2)13-14)7-11(8)15-3/h5,7,14H,6H2,1-4H3/i1D3. The molecule has 0 heterocycles. The zero-order valence-electron chi connectivity index (χ0n) is 12.6. The van der Waals surface area contributed by atoms with Gasteiger partial charge in [-0.2, -0.15) is 0 Å². The van der Waals surface area contributed by atoms with E-state index in [1.807, 2.05) is 0 Å². The van der Waals surface area contributed by atoms with Crippen LogP contribution in [0.2, 0.25) is 0 Å². The smallest absolute Gasteiger partial charge is 0.122 e. The summed E-state index contributed by atoms with van der Waals surface area (Å²) in [5.41, 5.74) is 1.28. The van der Waals surface area contributed by atoms with E-state index in [-0.39, 0.29) is 11.3 Å². The number of nitrogens with zero attached hydrogens (tertiary/aromatic N) is 1. The molecule has 0 amide bonds. The summed E-state index contributed by atoms with van der Waals surface area (Å²) in [5.74, 6) is 0.691. The maximum atomic E-state index is 8.70. The Kier molecular flexibility index (Phi) is 2.85. The van der Waals surface area contributed by atoms with Gasteiger partial charge in [0.05, 0.1) is 19.9 Å². The molecule has 0 saturated heterocycles. The van der Waals surface area contributed by atoms with Gasteiger partial charge < -0.3 is 14.7 Å². The summed E-state index contributed by atoms with van der Waals surface area (Å²) >= 11 is 0. The summed E-state index contributed by atoms with van der Waals surface area (Å²) in [6.07, 6.45) is 0.345. The zero-order chi connectivity index (χ0) is 14.6. The van der Waals surface area contributed by atoms with Gasteiger partial charge >= 0.3 is 0 Å². The number of aryl methyl sites for hydroxylation is 1. The van der Waals surface area contributed by atoms with Crippen LogP contribution < -0.4 is 9.47 Å². The molecule has 0 fully saturated rings. The van der Waals surface area contributed by atoms with Crippen molar-refractivity contribution in [3.8, 4) is 11.5 Å². The second kappa shape index (κ2) is 5.39. The molecule has 1 aromatic rings. The van der Waals surface area contributed by atoms with Crippen molar-refractivity contribution in [2.24, 2.45) is 5.16 Å². The second-order valence-electron chi connectivity index (χ2n) is 3.38. The molecule has 16 heavy (non-hydrogen) atoms. The third-order valence-electron chi connectivity index (χ3n) is 2.22. The number of hydrogen-bond donors (Lipinski definition) is 1. The molecule has 0 aliphatic rings. The molecule has 4 nitrogen and oxygen atoms in total. The fourth-order valence-electron chi connectivity index (χ4n) is 1.41. The van der Waals surface area contributed by atoms with E-state index in [0.717, 1.165) is 0 Å². The Balaban J connectivity index is 3.35. The molecule has 0 bridgehead atoms. The molecule has 0 saturated carbocycles. The van der Waals surface area contributed by atoms with Crippen LogP contribution in [-0.4, -0.2) is 25.1 Å². The predicted octanol–water partition coefficient (Wildman–Crippen LogP) is 2.40. The average molecular weight is 226 g/mol. The molecule has 0 aliphatic carbocycles. The van der Waals surface area contributed by atoms with Crippen molar-refractivity contribution in [2.75, 3.05) is 14.2 Å². The van der Waals surface area contributed by atoms with E-state index in [4.69, 9.17) is 18.8 Å². The van der Waals surface area contributed by atoms with Gasteiger partial charge in [0.15, 0.2) is 0 Å². The number of methoxy groups -OCH3 is 2. The lowest BCUT2D eigenvalue weighted by Crippen LogP contribution is -2.02. The van der Waals surface area contributed by atoms with Gasteiger partial charge in [0, 0.05) is 16.1 Å². The largest absolute Gasteiger partial charge is 0.496 e. The first-order valence-electron chi connectivity index (χ1n) is 6.26. The molecule has 0 radical (unpaired) electrons. The van der Waals surface area contributed by atoms with Crippen LogP contribution in [0.1, 0.15) is 22.2 Å². The molecule has 0 aromatic heterocycles. The van der Waals surface area contributed by atoms with Crippen LogP contribution in [-0.2, 0) is 6.42 Å². The minimum Gasteiger partial charge on any atom is -0.496 e. The maximum absolute atomic E-state index is 8.70. The van der Waals surface area contributed by atoms with Crippen LogP contribution in [0, 0.1) is 6.85 Å². The quantitative estimate of drug-likeness (QED) is 0.487. The normalized spacial score (nSPS) is 14.9. The van der Waals surface area contributed by atoms with Gasteiger partial charge in [-0.15, -0.1) is 0 Å². The van der Waals surface area contributed by atoms with Gasteiger partial charge in [0.25, 0.3) is 0 Å². The number of benzene rings is 1. The van der Waals surface area contributed by atoms with Crippen LogP contribution in [0.5, 0.6) is 11.5 Å². The molecule has 1 rings (SSSR count). The van der Waals surface area contributed by atoms with Gasteiger partial charge in [-0.25, -0.2) is 0 Å². The molecule has 4 heteroatoms. The van der Waals surface area contributed by atoms with Gasteiger partial charge in [-0.3, -0.25) is 0 Å². The lowest BCUT2D eigenvalue weighted by atomic mass is 10.0. The van der Waals surface area contributed by atoms with Crippen LogP contribution in [0.3, 0.4) is 0 Å². The van der Waals surface area contributed by atoms with E-state index < -0.39 is 6.85 Å². The van der Waals surface area contributed by atoms with Crippen LogP contribution >= 0.6 is 0 Å². The lowest BCUT2D eigenvalue weighted by molar-refractivity contribution is 0.317. The van der Waals surface area contributed by atoms with E-state index in [1.165, 1.54) is 20.3 Å². The number of hydrogen-bond acceptors (Lipinski definition) is 4. The van der Waals surface area contributed by atoms with Crippen molar-refractivity contribution < 1.29 is 18.8 Å². The first-order chi connectivity index (χ1) is 8.83. The van der Waals surface area contributed by atoms with Gasteiger partial charge in [0.2, 0.25) is 0 Å². The summed E-state index contributed by atoms with van der Waals surface area (Å²) in [4.78, 5) is 0. The average Bonchev–Trinajstić information content (AvgIpc) is 2.36. The van der Waals surface area contributed by atoms with Crippen molar-refractivity contribution in [1.82, 2.24) is 0 Å². The minimum atomic E-state index is -2.28. The van der Waals surface area contributed by atoms with Crippen LogP contribution in [0.15, 0.2) is 17.3 Å². The number of oxime groups is 1. The molecule has 88 valence electrons. The first-order valence-corrected chi connectivity index (χ1v) is 4.76. The highest BCUT2D eigenvalue weighted by Crippen LogP contribution is 2.28. The first kappa shape index (κ1) is 8.44. The SMILES string of the molecule is [2H]C([2H])([2H])c1cc(OC)c(CC(C)=NO)cc1OC. The number of rotatable bonds is 4. The van der Waals surface area contributed by atoms with E-state index in [0.29, 0.717) is 23.4 Å². The fraction of sp³-hybridized carbons (Fsp3) is 0.417. The summed E-state index contributed by atoms with van der Waals surface area (Å²) < 4.78 is 32.7. The maximum Gasteiger partial charge on any atom is 0.122 e. The predicted molar refractivity (Wildman–Crippen MR) is 62.9 cm³/mol. The third kappa shape index (κ3) is 2.66. The molecule has 1 N–H and O–H groups in total. The van der Waals surface area contributed by atoms with Crippen molar-refractivity contribution in [3.63, 3.8) is 0 Å². The Morgan fingerprint density at radius 3 is 2.56 bits per heavy atom. The van der Waals surface area contributed by atoms with Crippen molar-refractivity contribution >= 4 is 5.71 Å². The van der Waals surface area contributed by atoms with Crippen molar-refractivity contribution in [3.05, 3.63) is 23.3 Å². The molecule has 1 aromatic carbocycles. The van der Waals surface area contributed by atoms with Crippen LogP contribution in [0.25, 0.3) is 0 Å². The topological polar surface area (TPSA) is 51.0 Å². The highest BCUT2D eigenvalue weighted by atomic mass is 16.5. The Hall–Kier alpha value is -1.71. The Labute approximate surface area is 99.7 Å². The second-order valence-corrected chi connectivity index (χ2v) is 3.38. The van der Waals surface area contributed by atoms with E-state index >= 15 is 0 Å². The Bertz CT molecular complexity index is 484. The minimum absolute atomic E-state index is 0.0918. The molecule has 0 spiro atoms. The van der Waals surface area contributed by atoms with E-state index in [2.05, 4.69) is 5.16 Å². The highest BCUT2D eigenvalue weighted by molar-refractivity contribution is 5.84. The van der Waals surface area contributed by atoms with Crippen molar-refractivity contribution in [1.29, 1.82) is 0 Å². The Morgan fingerprint density at radius 1 is 1.38 bits per heavy atom. The zero-order valence-corrected chi connectivity index (χ0v) is 9.57. The van der Waals surface area contributed by atoms with Crippen molar-refractivity contribution in [2.45, 2.75) is 20.2 Å². The molecule has 0 unspecified atom stereocenters. The molecule has 0 aliphatic heterocycles. The van der Waals surface area contributed by atoms with E-state index in [9.17, 15) is 0 Å². The summed E-state index contributed by atoms with van der Waals surface area (Å²) in [7, 11) is 2.87.